The average Bonchev–Trinajstić information content (AvgIpc) is 3.06. The number of hydrogen-bond acceptors (Lipinski definition) is 6. The number of nitrogens with one attached hydrogen (secondary N) is 1. The molecule has 0 unspecified atom stereocenters. The standard InChI is InChI=1S/C18H15N5O2S/c24-16(20-18-19-14-8-3-4-9-15(14)26-18)10-5-11-23-17(25)12-6-1-2-7-13(12)21-22-23/h1-4,6-9H,5,10-11H2,(H,19,20,24). The molecule has 1 N–H and O–H groups in total. The maximum atomic E-state index is 12.3. The van der Waals surface area contributed by atoms with Gasteiger partial charge in [-0.3, -0.25) is 9.59 Å². The third-order valence-corrected chi connectivity index (χ3v) is 4.90. The van der Waals surface area contributed by atoms with Crippen molar-refractivity contribution in [1.29, 1.82) is 0 Å². The number of aryl methyl sites for hydroxylation is 1. The Bertz CT molecular complexity index is 1120. The van der Waals surface area contributed by atoms with E-state index in [1.165, 1.54) is 16.0 Å². The SMILES string of the molecule is O=C(CCCn1nnc2ccccc2c1=O)Nc1nc2ccccc2s1. The highest BCUT2D eigenvalue weighted by molar-refractivity contribution is 7.22. The summed E-state index contributed by atoms with van der Waals surface area (Å²) in [6.45, 7) is 0.337. The van der Waals surface area contributed by atoms with Gasteiger partial charge in [0.1, 0.15) is 5.52 Å². The Hall–Kier alpha value is -3.13. The van der Waals surface area contributed by atoms with E-state index in [0.29, 0.717) is 29.0 Å². The highest BCUT2D eigenvalue weighted by Gasteiger charge is 2.09. The summed E-state index contributed by atoms with van der Waals surface area (Å²) in [4.78, 5) is 28.8. The zero-order valence-electron chi connectivity index (χ0n) is 13.8. The number of fused-ring (bicyclic) bond motifs is 2. The van der Waals surface area contributed by atoms with E-state index in [1.807, 2.05) is 30.3 Å². The molecule has 1 amide bonds. The zero-order chi connectivity index (χ0) is 17.9. The first kappa shape index (κ1) is 16.3. The summed E-state index contributed by atoms with van der Waals surface area (Å²) in [5.41, 5.74) is 1.25. The van der Waals surface area contributed by atoms with Crippen LogP contribution in [0, 0.1) is 0 Å². The van der Waals surface area contributed by atoms with Gasteiger partial charge in [-0.1, -0.05) is 40.8 Å². The highest BCUT2D eigenvalue weighted by atomic mass is 32.1. The van der Waals surface area contributed by atoms with Gasteiger partial charge in [-0.15, -0.1) is 5.10 Å². The fourth-order valence-electron chi connectivity index (χ4n) is 2.67. The van der Waals surface area contributed by atoms with Gasteiger partial charge in [0.25, 0.3) is 5.56 Å². The second-order valence-electron chi connectivity index (χ2n) is 5.77. The lowest BCUT2D eigenvalue weighted by Crippen LogP contribution is -2.25. The lowest BCUT2D eigenvalue weighted by atomic mass is 10.2. The molecule has 2 aromatic carbocycles. The molecule has 0 spiro atoms. The number of thiazole rings is 1. The summed E-state index contributed by atoms with van der Waals surface area (Å²) in [7, 11) is 0. The molecular weight excluding hydrogens is 350 g/mol. The minimum absolute atomic E-state index is 0.133. The largest absolute Gasteiger partial charge is 0.302 e. The number of aromatic nitrogens is 4. The lowest BCUT2D eigenvalue weighted by molar-refractivity contribution is -0.116. The van der Waals surface area contributed by atoms with E-state index >= 15 is 0 Å². The van der Waals surface area contributed by atoms with Gasteiger partial charge in [0.05, 0.1) is 15.6 Å². The number of carbonyl (C=O) groups excluding carboxylic acids is 1. The predicted molar refractivity (Wildman–Crippen MR) is 101 cm³/mol. The molecule has 2 heterocycles. The first-order valence-corrected chi connectivity index (χ1v) is 9.00. The van der Waals surface area contributed by atoms with E-state index in [2.05, 4.69) is 20.6 Å². The Morgan fingerprint density at radius 3 is 2.69 bits per heavy atom. The molecule has 26 heavy (non-hydrogen) atoms. The van der Waals surface area contributed by atoms with Gasteiger partial charge in [-0.05, 0) is 30.7 Å². The predicted octanol–water partition coefficient (Wildman–Crippen LogP) is 2.82. The number of carbonyl (C=O) groups is 1. The fraction of sp³-hybridized carbons (Fsp3) is 0.167. The van der Waals surface area contributed by atoms with Crippen molar-refractivity contribution in [3.05, 3.63) is 58.9 Å². The normalized spacial score (nSPS) is 11.1. The number of amides is 1. The number of benzene rings is 2. The summed E-state index contributed by atoms with van der Waals surface area (Å²) in [6.07, 6.45) is 0.764. The molecule has 0 atom stereocenters. The van der Waals surface area contributed by atoms with E-state index in [1.54, 1.807) is 18.2 Å². The van der Waals surface area contributed by atoms with Crippen LogP contribution >= 0.6 is 11.3 Å². The van der Waals surface area contributed by atoms with Crippen molar-refractivity contribution in [3.63, 3.8) is 0 Å². The van der Waals surface area contributed by atoms with E-state index in [0.717, 1.165) is 10.2 Å². The van der Waals surface area contributed by atoms with Crippen LogP contribution in [0.3, 0.4) is 0 Å². The molecule has 8 heteroatoms. The van der Waals surface area contributed by atoms with Crippen molar-refractivity contribution < 1.29 is 4.79 Å². The fourth-order valence-corrected chi connectivity index (χ4v) is 3.55. The molecule has 0 radical (unpaired) electrons. The maximum absolute atomic E-state index is 12.3. The number of hydrogen-bond donors (Lipinski definition) is 1. The van der Waals surface area contributed by atoms with Crippen molar-refractivity contribution >= 4 is 43.5 Å². The minimum Gasteiger partial charge on any atom is -0.302 e. The van der Waals surface area contributed by atoms with E-state index in [4.69, 9.17) is 0 Å². The third kappa shape index (κ3) is 3.31. The van der Waals surface area contributed by atoms with Gasteiger partial charge in [0.15, 0.2) is 5.13 Å². The number of rotatable bonds is 5. The summed E-state index contributed by atoms with van der Waals surface area (Å²) in [6, 6.07) is 14.8. The second-order valence-corrected chi connectivity index (χ2v) is 6.80. The molecular formula is C18H15N5O2S. The Morgan fingerprint density at radius 2 is 1.85 bits per heavy atom. The van der Waals surface area contributed by atoms with Gasteiger partial charge < -0.3 is 5.32 Å². The molecule has 130 valence electrons. The molecule has 7 nitrogen and oxygen atoms in total. The summed E-state index contributed by atoms with van der Waals surface area (Å²) in [5, 5.41) is 11.9. The van der Waals surface area contributed by atoms with Crippen LogP contribution in [-0.2, 0) is 11.3 Å². The van der Waals surface area contributed by atoms with Crippen molar-refractivity contribution in [1.82, 2.24) is 20.0 Å². The van der Waals surface area contributed by atoms with E-state index < -0.39 is 0 Å². The maximum Gasteiger partial charge on any atom is 0.277 e. The Labute approximate surface area is 152 Å². The Kier molecular flexibility index (Phi) is 4.40. The summed E-state index contributed by atoms with van der Waals surface area (Å²) >= 11 is 1.44. The zero-order valence-corrected chi connectivity index (χ0v) is 14.6. The number of anilines is 1. The molecule has 0 aliphatic carbocycles. The van der Waals surface area contributed by atoms with Gasteiger partial charge in [-0.25, -0.2) is 9.67 Å². The molecule has 0 fully saturated rings. The molecule has 0 bridgehead atoms. The summed E-state index contributed by atoms with van der Waals surface area (Å²) < 4.78 is 2.33. The van der Waals surface area contributed by atoms with Crippen LogP contribution in [0.5, 0.6) is 0 Å². The molecule has 0 aliphatic rings. The lowest BCUT2D eigenvalue weighted by Gasteiger charge is -2.05. The Morgan fingerprint density at radius 1 is 1.08 bits per heavy atom. The minimum atomic E-state index is -0.192. The highest BCUT2D eigenvalue weighted by Crippen LogP contribution is 2.25. The first-order valence-electron chi connectivity index (χ1n) is 8.19. The molecule has 4 rings (SSSR count). The van der Waals surface area contributed by atoms with Crippen molar-refractivity contribution in [3.8, 4) is 0 Å². The molecule has 2 aromatic heterocycles. The number of nitrogens with zero attached hydrogens (tertiary/aromatic N) is 4. The van der Waals surface area contributed by atoms with Crippen LogP contribution in [-0.4, -0.2) is 25.9 Å². The van der Waals surface area contributed by atoms with Crippen LogP contribution in [0.25, 0.3) is 21.1 Å². The monoisotopic (exact) mass is 365 g/mol. The van der Waals surface area contributed by atoms with Gasteiger partial charge in [-0.2, -0.15) is 0 Å². The Balaban J connectivity index is 1.37. The van der Waals surface area contributed by atoms with E-state index in [9.17, 15) is 9.59 Å². The third-order valence-electron chi connectivity index (χ3n) is 3.94. The van der Waals surface area contributed by atoms with Crippen LogP contribution in [0.4, 0.5) is 5.13 Å². The van der Waals surface area contributed by atoms with Crippen molar-refractivity contribution in [2.24, 2.45) is 0 Å². The van der Waals surface area contributed by atoms with Gasteiger partial charge in [0, 0.05) is 13.0 Å². The number of para-hydroxylation sites is 1. The van der Waals surface area contributed by atoms with Crippen LogP contribution in [0.15, 0.2) is 53.3 Å². The smallest absolute Gasteiger partial charge is 0.277 e. The van der Waals surface area contributed by atoms with Gasteiger partial charge in [0.2, 0.25) is 5.91 Å². The molecule has 0 saturated carbocycles. The average molecular weight is 365 g/mol. The van der Waals surface area contributed by atoms with Crippen LogP contribution < -0.4 is 10.9 Å². The summed E-state index contributed by atoms with van der Waals surface area (Å²) in [5.74, 6) is -0.133. The van der Waals surface area contributed by atoms with Crippen LogP contribution in [0.2, 0.25) is 0 Å². The molecule has 4 aromatic rings. The molecule has 0 aliphatic heterocycles. The van der Waals surface area contributed by atoms with E-state index in [-0.39, 0.29) is 17.9 Å². The quantitative estimate of drug-likeness (QED) is 0.587. The van der Waals surface area contributed by atoms with Crippen molar-refractivity contribution in [2.75, 3.05) is 5.32 Å². The van der Waals surface area contributed by atoms with Crippen LogP contribution in [0.1, 0.15) is 12.8 Å². The topological polar surface area (TPSA) is 89.8 Å². The van der Waals surface area contributed by atoms with Gasteiger partial charge >= 0.3 is 0 Å². The second kappa shape index (κ2) is 7.01. The van der Waals surface area contributed by atoms with Crippen molar-refractivity contribution in [2.45, 2.75) is 19.4 Å². The first-order chi connectivity index (χ1) is 12.7. The molecule has 0 saturated heterocycles.